The van der Waals surface area contributed by atoms with E-state index in [1.165, 1.54) is 0 Å². The highest BCUT2D eigenvalue weighted by atomic mass is 35.5. The minimum Gasteiger partial charge on any atom is -0.455 e. The Morgan fingerprint density at radius 2 is 2.22 bits per heavy atom. The Bertz CT molecular complexity index is 586. The van der Waals surface area contributed by atoms with Crippen molar-refractivity contribution in [2.45, 2.75) is 12.3 Å². The van der Waals surface area contributed by atoms with Crippen LogP contribution in [0.1, 0.15) is 17.2 Å². The zero-order valence-corrected chi connectivity index (χ0v) is 10.5. The monoisotopic (exact) mass is 260 g/mol. The molecule has 3 nitrogen and oxygen atoms in total. The molecule has 0 bridgehead atoms. The zero-order valence-electron chi connectivity index (χ0n) is 9.77. The van der Waals surface area contributed by atoms with Crippen molar-refractivity contribution in [3.8, 4) is 11.5 Å². The first-order chi connectivity index (χ1) is 8.78. The van der Waals surface area contributed by atoms with E-state index in [1.54, 1.807) is 6.20 Å². The highest BCUT2D eigenvalue weighted by Crippen LogP contribution is 2.39. The van der Waals surface area contributed by atoms with Crippen LogP contribution in [0, 0.1) is 0 Å². The molecule has 0 unspecified atom stereocenters. The molecule has 2 aromatic rings. The summed E-state index contributed by atoms with van der Waals surface area (Å²) in [5.74, 6) is 1.79. The summed E-state index contributed by atoms with van der Waals surface area (Å²) in [6.45, 7) is 0.563. The van der Waals surface area contributed by atoms with Gasteiger partial charge in [0.05, 0.1) is 5.69 Å². The van der Waals surface area contributed by atoms with Crippen LogP contribution in [0.3, 0.4) is 0 Å². The maximum atomic E-state index is 6.02. The lowest BCUT2D eigenvalue weighted by Gasteiger charge is -2.14. The molecule has 4 heteroatoms. The highest BCUT2D eigenvalue weighted by molar-refractivity contribution is 6.30. The molecule has 1 atom stereocenters. The van der Waals surface area contributed by atoms with E-state index in [1.807, 2.05) is 30.3 Å². The summed E-state index contributed by atoms with van der Waals surface area (Å²) in [5.41, 5.74) is 7.91. The summed E-state index contributed by atoms with van der Waals surface area (Å²) in [4.78, 5) is 4.37. The number of aromatic nitrogens is 1. The molecule has 0 spiro atoms. The molecule has 0 saturated carbocycles. The van der Waals surface area contributed by atoms with Crippen molar-refractivity contribution >= 4 is 11.6 Å². The molecule has 1 aromatic heterocycles. The second-order valence-corrected chi connectivity index (χ2v) is 4.81. The largest absolute Gasteiger partial charge is 0.455 e. The Hall–Kier alpha value is -1.58. The lowest BCUT2D eigenvalue weighted by Crippen LogP contribution is -2.14. The highest BCUT2D eigenvalue weighted by Gasteiger charge is 2.23. The molecule has 1 aliphatic heterocycles. The molecular weight excluding hydrogens is 248 g/mol. The summed E-state index contributed by atoms with van der Waals surface area (Å²) >= 11 is 6.02. The Balaban J connectivity index is 2.14. The molecule has 2 N–H and O–H groups in total. The standard InChI is InChI=1S/C14H13ClN2O/c15-10-3-4-11-9(8-16)6-12-13(2-1-5-17-12)18-14(11)7-10/h1-5,7,9H,6,8,16H2/t9-/m1/s1. The van der Waals surface area contributed by atoms with E-state index in [4.69, 9.17) is 22.1 Å². The van der Waals surface area contributed by atoms with Gasteiger partial charge in [-0.05, 0) is 36.4 Å². The second-order valence-electron chi connectivity index (χ2n) is 4.37. The first kappa shape index (κ1) is 11.5. The number of fused-ring (bicyclic) bond motifs is 2. The fourth-order valence-electron chi connectivity index (χ4n) is 2.28. The van der Waals surface area contributed by atoms with Gasteiger partial charge in [-0.2, -0.15) is 0 Å². The Kier molecular flexibility index (Phi) is 2.94. The van der Waals surface area contributed by atoms with Crippen LogP contribution in [0.5, 0.6) is 11.5 Å². The lowest BCUT2D eigenvalue weighted by molar-refractivity contribution is 0.475. The van der Waals surface area contributed by atoms with E-state index in [0.29, 0.717) is 11.6 Å². The Morgan fingerprint density at radius 3 is 3.06 bits per heavy atom. The van der Waals surface area contributed by atoms with Crippen LogP contribution < -0.4 is 10.5 Å². The Labute approximate surface area is 111 Å². The molecule has 0 aliphatic carbocycles. The predicted octanol–water partition coefficient (Wildman–Crippen LogP) is 3.13. The number of pyridine rings is 1. The molecule has 1 aromatic carbocycles. The van der Waals surface area contributed by atoms with Crippen molar-refractivity contribution in [3.05, 3.63) is 52.8 Å². The van der Waals surface area contributed by atoms with Gasteiger partial charge in [-0.15, -0.1) is 0 Å². The lowest BCUT2D eigenvalue weighted by atomic mass is 9.94. The van der Waals surface area contributed by atoms with Gasteiger partial charge < -0.3 is 10.5 Å². The number of hydrogen-bond donors (Lipinski definition) is 1. The maximum Gasteiger partial charge on any atom is 0.148 e. The molecule has 1 aliphatic rings. The summed E-state index contributed by atoms with van der Waals surface area (Å²) in [6, 6.07) is 9.48. The van der Waals surface area contributed by atoms with Crippen molar-refractivity contribution in [3.63, 3.8) is 0 Å². The quantitative estimate of drug-likeness (QED) is 0.857. The van der Waals surface area contributed by atoms with Gasteiger partial charge >= 0.3 is 0 Å². The summed E-state index contributed by atoms with van der Waals surface area (Å²) < 4.78 is 5.91. The van der Waals surface area contributed by atoms with E-state index < -0.39 is 0 Å². The smallest absolute Gasteiger partial charge is 0.148 e. The number of nitrogens with zero attached hydrogens (tertiary/aromatic N) is 1. The molecule has 2 heterocycles. The van der Waals surface area contributed by atoms with Crippen LogP contribution in [-0.2, 0) is 6.42 Å². The van der Waals surface area contributed by atoms with Crippen molar-refractivity contribution < 1.29 is 4.74 Å². The fraction of sp³-hybridized carbons (Fsp3) is 0.214. The van der Waals surface area contributed by atoms with Gasteiger partial charge in [-0.25, -0.2) is 0 Å². The number of rotatable bonds is 1. The molecular formula is C14H13ClN2O. The number of ether oxygens (including phenoxy) is 1. The molecule has 0 radical (unpaired) electrons. The van der Waals surface area contributed by atoms with Gasteiger partial charge in [-0.3, -0.25) is 4.98 Å². The van der Waals surface area contributed by atoms with Gasteiger partial charge in [-0.1, -0.05) is 17.7 Å². The molecule has 92 valence electrons. The van der Waals surface area contributed by atoms with Gasteiger partial charge in [0, 0.05) is 23.6 Å². The van der Waals surface area contributed by atoms with E-state index in [2.05, 4.69) is 4.98 Å². The van der Waals surface area contributed by atoms with Crippen LogP contribution in [0.25, 0.3) is 0 Å². The molecule has 3 rings (SSSR count). The molecule has 0 saturated heterocycles. The summed E-state index contributed by atoms with van der Waals surface area (Å²) in [7, 11) is 0. The van der Waals surface area contributed by atoms with Gasteiger partial charge in [0.2, 0.25) is 0 Å². The molecule has 0 amide bonds. The van der Waals surface area contributed by atoms with Crippen LogP contribution in [-0.4, -0.2) is 11.5 Å². The summed E-state index contributed by atoms with van der Waals surface area (Å²) in [5, 5.41) is 0.664. The van der Waals surface area contributed by atoms with Crippen molar-refractivity contribution in [1.29, 1.82) is 0 Å². The minimum absolute atomic E-state index is 0.216. The molecule has 18 heavy (non-hydrogen) atoms. The third-order valence-electron chi connectivity index (χ3n) is 3.21. The van der Waals surface area contributed by atoms with Gasteiger partial charge in [0.15, 0.2) is 0 Å². The SMILES string of the molecule is NC[C@H]1Cc2ncccc2Oc2cc(Cl)ccc21. The predicted molar refractivity (Wildman–Crippen MR) is 71.3 cm³/mol. The van der Waals surface area contributed by atoms with Crippen molar-refractivity contribution in [1.82, 2.24) is 4.98 Å². The normalized spacial score (nSPS) is 17.3. The van der Waals surface area contributed by atoms with E-state index in [9.17, 15) is 0 Å². The van der Waals surface area contributed by atoms with Crippen LogP contribution >= 0.6 is 11.6 Å². The van der Waals surface area contributed by atoms with Crippen molar-refractivity contribution in [2.24, 2.45) is 5.73 Å². The third kappa shape index (κ3) is 1.96. The van der Waals surface area contributed by atoms with E-state index in [-0.39, 0.29) is 5.92 Å². The fourth-order valence-corrected chi connectivity index (χ4v) is 2.44. The first-order valence-corrected chi connectivity index (χ1v) is 6.27. The van der Waals surface area contributed by atoms with Gasteiger partial charge in [0.1, 0.15) is 11.5 Å². The molecule has 0 fully saturated rings. The average molecular weight is 261 g/mol. The zero-order chi connectivity index (χ0) is 12.5. The second kappa shape index (κ2) is 4.59. The van der Waals surface area contributed by atoms with Crippen LogP contribution in [0.4, 0.5) is 0 Å². The van der Waals surface area contributed by atoms with Crippen LogP contribution in [0.2, 0.25) is 5.02 Å². The first-order valence-electron chi connectivity index (χ1n) is 5.89. The van der Waals surface area contributed by atoms with Crippen molar-refractivity contribution in [2.75, 3.05) is 6.54 Å². The topological polar surface area (TPSA) is 48.1 Å². The number of hydrogen-bond acceptors (Lipinski definition) is 3. The average Bonchev–Trinajstić information content (AvgIpc) is 2.53. The number of benzene rings is 1. The number of halogens is 1. The minimum atomic E-state index is 0.216. The third-order valence-corrected chi connectivity index (χ3v) is 3.44. The van der Waals surface area contributed by atoms with E-state index in [0.717, 1.165) is 29.2 Å². The van der Waals surface area contributed by atoms with Gasteiger partial charge in [0.25, 0.3) is 0 Å². The Morgan fingerprint density at radius 1 is 1.33 bits per heavy atom. The van der Waals surface area contributed by atoms with Crippen LogP contribution in [0.15, 0.2) is 36.5 Å². The number of nitrogens with two attached hydrogens (primary N) is 1. The maximum absolute atomic E-state index is 6.02. The summed E-state index contributed by atoms with van der Waals surface area (Å²) in [6.07, 6.45) is 2.57. The van der Waals surface area contributed by atoms with E-state index >= 15 is 0 Å².